The van der Waals surface area contributed by atoms with Gasteiger partial charge in [0.05, 0.1) is 6.10 Å². The van der Waals surface area contributed by atoms with E-state index in [4.69, 9.17) is 4.74 Å². The molecule has 3 atom stereocenters. The van der Waals surface area contributed by atoms with Gasteiger partial charge in [-0.25, -0.2) is 0 Å². The Labute approximate surface area is 121 Å². The SMILES string of the molecule is CCCCC(CC)CC(NCC)C(OCC)C(C)C. The molecule has 0 aromatic carbocycles. The average Bonchev–Trinajstić information content (AvgIpc) is 2.39. The van der Waals surface area contributed by atoms with Crippen molar-refractivity contribution in [2.24, 2.45) is 11.8 Å². The van der Waals surface area contributed by atoms with Crippen molar-refractivity contribution < 1.29 is 4.74 Å². The molecule has 0 saturated carbocycles. The third-order valence-corrected chi connectivity index (χ3v) is 4.01. The van der Waals surface area contributed by atoms with E-state index in [1.54, 1.807) is 0 Å². The molecule has 0 amide bonds. The largest absolute Gasteiger partial charge is 0.377 e. The lowest BCUT2D eigenvalue weighted by atomic mass is 9.87. The van der Waals surface area contributed by atoms with E-state index in [1.807, 2.05) is 0 Å². The smallest absolute Gasteiger partial charge is 0.0750 e. The minimum Gasteiger partial charge on any atom is -0.377 e. The molecule has 0 aromatic rings. The lowest BCUT2D eigenvalue weighted by Crippen LogP contribution is -2.45. The number of hydrogen-bond acceptors (Lipinski definition) is 2. The van der Waals surface area contributed by atoms with E-state index in [-0.39, 0.29) is 0 Å². The van der Waals surface area contributed by atoms with E-state index in [0.717, 1.165) is 19.1 Å². The minimum atomic E-state index is 0.348. The van der Waals surface area contributed by atoms with Crippen LogP contribution in [0.15, 0.2) is 0 Å². The molecule has 0 rings (SSSR count). The van der Waals surface area contributed by atoms with Gasteiger partial charge in [0, 0.05) is 12.6 Å². The lowest BCUT2D eigenvalue weighted by molar-refractivity contribution is -0.00255. The molecular formula is C17H37NO. The quantitative estimate of drug-likeness (QED) is 0.558. The van der Waals surface area contributed by atoms with Gasteiger partial charge in [0.1, 0.15) is 0 Å². The van der Waals surface area contributed by atoms with E-state index < -0.39 is 0 Å². The molecule has 0 bridgehead atoms. The highest BCUT2D eigenvalue weighted by molar-refractivity contribution is 4.82. The fraction of sp³-hybridized carbons (Fsp3) is 1.00. The van der Waals surface area contributed by atoms with Gasteiger partial charge in [-0.2, -0.15) is 0 Å². The second-order valence-corrected chi connectivity index (χ2v) is 5.98. The summed E-state index contributed by atoms with van der Waals surface area (Å²) in [7, 11) is 0. The normalized spacial score (nSPS) is 16.6. The van der Waals surface area contributed by atoms with Gasteiger partial charge < -0.3 is 10.1 Å². The summed E-state index contributed by atoms with van der Waals surface area (Å²) in [5, 5.41) is 3.67. The monoisotopic (exact) mass is 271 g/mol. The maximum absolute atomic E-state index is 6.01. The van der Waals surface area contributed by atoms with Crippen LogP contribution in [0.5, 0.6) is 0 Å². The van der Waals surface area contributed by atoms with Crippen LogP contribution in [0, 0.1) is 11.8 Å². The average molecular weight is 271 g/mol. The number of nitrogens with one attached hydrogen (secondary N) is 1. The molecule has 116 valence electrons. The van der Waals surface area contributed by atoms with E-state index >= 15 is 0 Å². The maximum Gasteiger partial charge on any atom is 0.0750 e. The molecule has 0 aliphatic carbocycles. The van der Waals surface area contributed by atoms with Crippen molar-refractivity contribution in [1.29, 1.82) is 0 Å². The second-order valence-electron chi connectivity index (χ2n) is 5.98. The number of likely N-dealkylation sites (N-methyl/N-ethyl adjacent to an activating group) is 1. The van der Waals surface area contributed by atoms with Gasteiger partial charge in [-0.1, -0.05) is 60.3 Å². The van der Waals surface area contributed by atoms with Crippen LogP contribution in [0.2, 0.25) is 0 Å². The molecular weight excluding hydrogens is 234 g/mol. The number of ether oxygens (including phenoxy) is 1. The van der Waals surface area contributed by atoms with Crippen molar-refractivity contribution in [2.75, 3.05) is 13.2 Å². The highest BCUT2D eigenvalue weighted by atomic mass is 16.5. The Kier molecular flexibility index (Phi) is 11.7. The summed E-state index contributed by atoms with van der Waals surface area (Å²) in [5.41, 5.74) is 0. The Hall–Kier alpha value is -0.0800. The van der Waals surface area contributed by atoms with E-state index in [0.29, 0.717) is 18.1 Å². The maximum atomic E-state index is 6.01. The summed E-state index contributed by atoms with van der Waals surface area (Å²) in [4.78, 5) is 0. The van der Waals surface area contributed by atoms with Crippen molar-refractivity contribution in [3.63, 3.8) is 0 Å². The first-order valence-electron chi connectivity index (χ1n) is 8.45. The predicted octanol–water partition coefficient (Wildman–Crippen LogP) is 4.63. The van der Waals surface area contributed by atoms with Crippen molar-refractivity contribution >= 4 is 0 Å². The van der Waals surface area contributed by atoms with Crippen LogP contribution in [-0.2, 0) is 4.74 Å². The zero-order valence-corrected chi connectivity index (χ0v) is 14.2. The number of rotatable bonds is 12. The Bertz CT molecular complexity index is 194. The molecule has 0 radical (unpaired) electrons. The van der Waals surface area contributed by atoms with Gasteiger partial charge in [-0.05, 0) is 31.7 Å². The summed E-state index contributed by atoms with van der Waals surface area (Å²) in [6.45, 7) is 15.3. The molecule has 0 fully saturated rings. The Morgan fingerprint density at radius 2 is 1.74 bits per heavy atom. The molecule has 19 heavy (non-hydrogen) atoms. The van der Waals surface area contributed by atoms with E-state index in [1.165, 1.54) is 32.1 Å². The fourth-order valence-corrected chi connectivity index (χ4v) is 2.90. The van der Waals surface area contributed by atoms with Crippen LogP contribution in [0.25, 0.3) is 0 Å². The van der Waals surface area contributed by atoms with Crippen molar-refractivity contribution in [3.8, 4) is 0 Å². The number of hydrogen-bond donors (Lipinski definition) is 1. The van der Waals surface area contributed by atoms with Crippen molar-refractivity contribution in [3.05, 3.63) is 0 Å². The summed E-state index contributed by atoms with van der Waals surface area (Å²) in [6, 6.07) is 0.506. The molecule has 1 N–H and O–H groups in total. The molecule has 0 spiro atoms. The van der Waals surface area contributed by atoms with Crippen LogP contribution in [0.3, 0.4) is 0 Å². The molecule has 2 heteroatoms. The molecule has 0 heterocycles. The van der Waals surface area contributed by atoms with Crippen LogP contribution in [0.1, 0.15) is 73.6 Å². The first-order valence-corrected chi connectivity index (χ1v) is 8.45. The molecule has 0 aliphatic heterocycles. The molecule has 0 saturated heterocycles. The zero-order chi connectivity index (χ0) is 14.7. The Balaban J connectivity index is 4.56. The van der Waals surface area contributed by atoms with Crippen LogP contribution in [0.4, 0.5) is 0 Å². The van der Waals surface area contributed by atoms with Gasteiger partial charge in [-0.3, -0.25) is 0 Å². The van der Waals surface area contributed by atoms with E-state index in [2.05, 4.69) is 46.9 Å². The molecule has 0 aliphatic rings. The summed E-state index contributed by atoms with van der Waals surface area (Å²) in [6.07, 6.45) is 6.93. The Morgan fingerprint density at radius 3 is 2.16 bits per heavy atom. The number of unbranched alkanes of at least 4 members (excludes halogenated alkanes) is 1. The van der Waals surface area contributed by atoms with Crippen LogP contribution >= 0.6 is 0 Å². The fourth-order valence-electron chi connectivity index (χ4n) is 2.90. The van der Waals surface area contributed by atoms with E-state index in [9.17, 15) is 0 Å². The standard InChI is InChI=1S/C17H37NO/c1-7-11-12-15(8-2)13-16(18-9-3)17(14(5)6)19-10-4/h14-18H,7-13H2,1-6H3. The second kappa shape index (κ2) is 11.7. The predicted molar refractivity (Wildman–Crippen MR) is 85.6 cm³/mol. The highest BCUT2D eigenvalue weighted by Gasteiger charge is 2.26. The van der Waals surface area contributed by atoms with Gasteiger partial charge in [0.15, 0.2) is 0 Å². The highest BCUT2D eigenvalue weighted by Crippen LogP contribution is 2.23. The third-order valence-electron chi connectivity index (χ3n) is 4.01. The molecule has 3 unspecified atom stereocenters. The lowest BCUT2D eigenvalue weighted by Gasteiger charge is -2.33. The first kappa shape index (κ1) is 18.9. The molecule has 2 nitrogen and oxygen atoms in total. The zero-order valence-electron chi connectivity index (χ0n) is 14.2. The summed E-state index contributed by atoms with van der Waals surface area (Å²) < 4.78 is 6.01. The minimum absolute atomic E-state index is 0.348. The summed E-state index contributed by atoms with van der Waals surface area (Å²) >= 11 is 0. The van der Waals surface area contributed by atoms with Crippen LogP contribution in [-0.4, -0.2) is 25.3 Å². The van der Waals surface area contributed by atoms with Crippen molar-refractivity contribution in [2.45, 2.75) is 85.8 Å². The van der Waals surface area contributed by atoms with Gasteiger partial charge in [-0.15, -0.1) is 0 Å². The molecule has 0 aromatic heterocycles. The Morgan fingerprint density at radius 1 is 1.05 bits per heavy atom. The van der Waals surface area contributed by atoms with Gasteiger partial charge in [0.25, 0.3) is 0 Å². The van der Waals surface area contributed by atoms with Crippen LogP contribution < -0.4 is 5.32 Å². The third kappa shape index (κ3) is 7.94. The summed E-state index contributed by atoms with van der Waals surface area (Å²) in [5.74, 6) is 1.42. The van der Waals surface area contributed by atoms with Gasteiger partial charge in [0.2, 0.25) is 0 Å². The van der Waals surface area contributed by atoms with Crippen molar-refractivity contribution in [1.82, 2.24) is 5.32 Å². The van der Waals surface area contributed by atoms with Gasteiger partial charge >= 0.3 is 0 Å². The first-order chi connectivity index (χ1) is 9.10. The topological polar surface area (TPSA) is 21.3 Å².